The summed E-state index contributed by atoms with van der Waals surface area (Å²) in [5.41, 5.74) is 2.23. The molecule has 0 atom stereocenters. The molecule has 0 radical (unpaired) electrons. The number of para-hydroxylation sites is 1. The van der Waals surface area contributed by atoms with Crippen molar-refractivity contribution in [2.75, 3.05) is 6.54 Å². The molecule has 21 heavy (non-hydrogen) atoms. The molecule has 0 fully saturated rings. The molecule has 2 heterocycles. The number of aromatic nitrogens is 3. The number of hydrogen-bond acceptors (Lipinski definition) is 4. The van der Waals surface area contributed by atoms with Crippen LogP contribution in [0, 0.1) is 0 Å². The van der Waals surface area contributed by atoms with Crippen LogP contribution in [0.3, 0.4) is 0 Å². The standard InChI is InChI=1S/C16H18N4S/c1-2-7-17-11-13-10-12-5-3-4-6-14(12)20-15(13)21-16-18-8-9-19-16/h3-6,8-10,17H,2,7,11H2,1H3,(H,18,19). The molecule has 1 aromatic carbocycles. The van der Waals surface area contributed by atoms with Crippen molar-refractivity contribution in [1.29, 1.82) is 0 Å². The summed E-state index contributed by atoms with van der Waals surface area (Å²) in [4.78, 5) is 12.2. The van der Waals surface area contributed by atoms with Crippen LogP contribution in [-0.2, 0) is 6.54 Å². The number of hydrogen-bond donors (Lipinski definition) is 2. The van der Waals surface area contributed by atoms with E-state index in [1.54, 1.807) is 18.0 Å². The number of rotatable bonds is 6. The van der Waals surface area contributed by atoms with Crippen LogP contribution in [0.2, 0.25) is 0 Å². The van der Waals surface area contributed by atoms with Crippen molar-refractivity contribution in [2.24, 2.45) is 0 Å². The Morgan fingerprint density at radius 1 is 1.29 bits per heavy atom. The summed E-state index contributed by atoms with van der Waals surface area (Å²) in [6, 6.07) is 10.4. The van der Waals surface area contributed by atoms with Gasteiger partial charge in [0.25, 0.3) is 0 Å². The minimum absolute atomic E-state index is 0.828. The molecule has 0 amide bonds. The van der Waals surface area contributed by atoms with E-state index in [0.717, 1.165) is 35.2 Å². The van der Waals surface area contributed by atoms with Crippen molar-refractivity contribution in [2.45, 2.75) is 30.1 Å². The Bertz CT molecular complexity index is 709. The molecule has 2 N–H and O–H groups in total. The largest absolute Gasteiger partial charge is 0.339 e. The smallest absolute Gasteiger partial charge is 0.171 e. The van der Waals surface area contributed by atoms with E-state index in [1.165, 1.54) is 10.9 Å². The van der Waals surface area contributed by atoms with Crippen molar-refractivity contribution < 1.29 is 0 Å². The highest BCUT2D eigenvalue weighted by atomic mass is 32.2. The lowest BCUT2D eigenvalue weighted by Crippen LogP contribution is -2.14. The predicted molar refractivity (Wildman–Crippen MR) is 86.5 cm³/mol. The number of imidazole rings is 1. The maximum absolute atomic E-state index is 4.79. The van der Waals surface area contributed by atoms with Gasteiger partial charge in [0.1, 0.15) is 5.03 Å². The zero-order valence-electron chi connectivity index (χ0n) is 12.0. The maximum Gasteiger partial charge on any atom is 0.171 e. The molecule has 0 spiro atoms. The molecule has 108 valence electrons. The SMILES string of the molecule is CCCNCc1cc2ccccc2nc1Sc1ncc[nH]1. The lowest BCUT2D eigenvalue weighted by atomic mass is 10.1. The van der Waals surface area contributed by atoms with E-state index >= 15 is 0 Å². The number of nitrogens with zero attached hydrogens (tertiary/aromatic N) is 2. The number of pyridine rings is 1. The van der Waals surface area contributed by atoms with Gasteiger partial charge in [-0.05, 0) is 42.4 Å². The van der Waals surface area contributed by atoms with E-state index < -0.39 is 0 Å². The van der Waals surface area contributed by atoms with E-state index in [0.29, 0.717) is 0 Å². The quantitative estimate of drug-likeness (QED) is 0.683. The normalized spacial score (nSPS) is 11.1. The molecular formula is C16H18N4S. The fraction of sp³-hybridized carbons (Fsp3) is 0.250. The highest BCUT2D eigenvalue weighted by Gasteiger charge is 2.09. The van der Waals surface area contributed by atoms with Crippen LogP contribution < -0.4 is 5.32 Å². The van der Waals surface area contributed by atoms with Crippen molar-refractivity contribution >= 4 is 22.7 Å². The van der Waals surface area contributed by atoms with E-state index in [9.17, 15) is 0 Å². The molecule has 0 aliphatic rings. The van der Waals surface area contributed by atoms with Gasteiger partial charge in [-0.15, -0.1) is 0 Å². The summed E-state index contributed by atoms with van der Waals surface area (Å²) in [6.45, 7) is 4.01. The second kappa shape index (κ2) is 6.74. The summed E-state index contributed by atoms with van der Waals surface area (Å²) < 4.78 is 0. The molecule has 0 aliphatic carbocycles. The summed E-state index contributed by atoms with van der Waals surface area (Å²) in [5, 5.41) is 6.50. The van der Waals surface area contributed by atoms with Gasteiger partial charge in [0.05, 0.1) is 5.52 Å². The summed E-state index contributed by atoms with van der Waals surface area (Å²) in [7, 11) is 0. The van der Waals surface area contributed by atoms with Gasteiger partial charge in [-0.2, -0.15) is 0 Å². The molecule has 0 unspecified atom stereocenters. The maximum atomic E-state index is 4.79. The van der Waals surface area contributed by atoms with Gasteiger partial charge in [0.15, 0.2) is 5.16 Å². The Morgan fingerprint density at radius 3 is 3.00 bits per heavy atom. The van der Waals surface area contributed by atoms with Gasteiger partial charge in [0.2, 0.25) is 0 Å². The monoisotopic (exact) mass is 298 g/mol. The van der Waals surface area contributed by atoms with Crippen LogP contribution in [0.1, 0.15) is 18.9 Å². The minimum atomic E-state index is 0.828. The highest BCUT2D eigenvalue weighted by molar-refractivity contribution is 7.99. The Kier molecular flexibility index (Phi) is 4.52. The first-order valence-corrected chi connectivity index (χ1v) is 7.95. The fourth-order valence-corrected chi connectivity index (χ4v) is 2.98. The van der Waals surface area contributed by atoms with Crippen LogP contribution in [-0.4, -0.2) is 21.5 Å². The minimum Gasteiger partial charge on any atom is -0.339 e. The predicted octanol–water partition coefficient (Wildman–Crippen LogP) is 3.61. The number of nitrogens with one attached hydrogen (secondary N) is 2. The molecule has 3 rings (SSSR count). The van der Waals surface area contributed by atoms with Crippen LogP contribution in [0.5, 0.6) is 0 Å². The van der Waals surface area contributed by atoms with Crippen LogP contribution in [0.15, 0.2) is 52.9 Å². The number of aromatic amines is 1. The number of fused-ring (bicyclic) bond motifs is 1. The summed E-state index contributed by atoms with van der Waals surface area (Å²) in [6.07, 6.45) is 4.72. The Hall–Kier alpha value is -1.85. The average Bonchev–Trinajstić information content (AvgIpc) is 3.01. The third-order valence-electron chi connectivity index (χ3n) is 3.17. The van der Waals surface area contributed by atoms with Gasteiger partial charge in [-0.1, -0.05) is 25.1 Å². The van der Waals surface area contributed by atoms with Crippen molar-refractivity contribution in [3.63, 3.8) is 0 Å². The second-order valence-corrected chi connectivity index (χ2v) is 5.80. The van der Waals surface area contributed by atoms with E-state index in [1.807, 2.05) is 24.4 Å². The first-order chi connectivity index (χ1) is 10.4. The van der Waals surface area contributed by atoms with E-state index in [2.05, 4.69) is 34.3 Å². The molecule has 4 nitrogen and oxygen atoms in total. The Labute approximate surface area is 128 Å². The van der Waals surface area contributed by atoms with Gasteiger partial charge in [-0.25, -0.2) is 9.97 Å². The highest BCUT2D eigenvalue weighted by Crippen LogP contribution is 2.28. The first-order valence-electron chi connectivity index (χ1n) is 7.13. The van der Waals surface area contributed by atoms with Crippen LogP contribution in [0.25, 0.3) is 10.9 Å². The molecule has 3 aromatic rings. The molecule has 0 aliphatic heterocycles. The summed E-state index contributed by atoms with van der Waals surface area (Å²) in [5.74, 6) is 0. The third kappa shape index (κ3) is 3.43. The van der Waals surface area contributed by atoms with Gasteiger partial charge in [0, 0.05) is 24.3 Å². The van der Waals surface area contributed by atoms with Crippen molar-refractivity contribution in [3.05, 3.63) is 48.3 Å². The summed E-state index contributed by atoms with van der Waals surface area (Å²) >= 11 is 1.58. The molecule has 5 heteroatoms. The molecule has 0 saturated heterocycles. The van der Waals surface area contributed by atoms with Crippen molar-refractivity contribution in [3.8, 4) is 0 Å². The molecular weight excluding hydrogens is 280 g/mol. The zero-order valence-corrected chi connectivity index (χ0v) is 12.8. The average molecular weight is 298 g/mol. The van der Waals surface area contributed by atoms with Crippen LogP contribution in [0.4, 0.5) is 0 Å². The zero-order chi connectivity index (χ0) is 14.5. The van der Waals surface area contributed by atoms with Crippen LogP contribution >= 0.6 is 11.8 Å². The van der Waals surface area contributed by atoms with Gasteiger partial charge < -0.3 is 10.3 Å². The Balaban J connectivity index is 1.95. The number of benzene rings is 1. The topological polar surface area (TPSA) is 53.6 Å². The Morgan fingerprint density at radius 2 is 2.19 bits per heavy atom. The van der Waals surface area contributed by atoms with Gasteiger partial charge >= 0.3 is 0 Å². The molecule has 0 bridgehead atoms. The lowest BCUT2D eigenvalue weighted by Gasteiger charge is -2.10. The lowest BCUT2D eigenvalue weighted by molar-refractivity contribution is 0.666. The molecule has 0 saturated carbocycles. The van der Waals surface area contributed by atoms with Crippen molar-refractivity contribution in [1.82, 2.24) is 20.3 Å². The van der Waals surface area contributed by atoms with Gasteiger partial charge in [-0.3, -0.25) is 0 Å². The van der Waals surface area contributed by atoms with E-state index in [4.69, 9.17) is 4.98 Å². The number of H-pyrrole nitrogens is 1. The van der Waals surface area contributed by atoms with E-state index in [-0.39, 0.29) is 0 Å². The first kappa shape index (κ1) is 14.1. The molecule has 2 aromatic heterocycles. The second-order valence-electron chi connectivity index (χ2n) is 4.82. The fourth-order valence-electron chi connectivity index (χ4n) is 2.16. The third-order valence-corrected chi connectivity index (χ3v) is 4.14.